The average Bonchev–Trinajstić information content (AvgIpc) is 3.30. The van der Waals surface area contributed by atoms with Crippen LogP contribution in [0, 0.1) is 5.92 Å². The van der Waals surface area contributed by atoms with E-state index < -0.39 is 18.1 Å². The molecule has 1 amide bonds. The Balaban J connectivity index is 0.000000540. The van der Waals surface area contributed by atoms with E-state index in [0.717, 1.165) is 44.6 Å². The van der Waals surface area contributed by atoms with Crippen LogP contribution < -0.4 is 10.2 Å². The fourth-order valence-corrected chi connectivity index (χ4v) is 4.38. The Labute approximate surface area is 203 Å². The number of nitrogens with zero attached hydrogens (tertiary/aromatic N) is 2. The van der Waals surface area contributed by atoms with E-state index in [-0.39, 0.29) is 11.5 Å². The molecule has 1 atom stereocenters. The lowest BCUT2D eigenvalue weighted by molar-refractivity contribution is -0.192. The van der Waals surface area contributed by atoms with Crippen molar-refractivity contribution in [3.05, 3.63) is 23.8 Å². The van der Waals surface area contributed by atoms with Crippen LogP contribution in [0.1, 0.15) is 62.2 Å². The monoisotopic (exact) mass is 501 g/mol. The predicted molar refractivity (Wildman–Crippen MR) is 126 cm³/mol. The summed E-state index contributed by atoms with van der Waals surface area (Å²) in [5, 5.41) is 19.7. The number of carboxylic acid groups (broad SMARTS) is 2. The maximum absolute atomic E-state index is 12.0. The van der Waals surface area contributed by atoms with Crippen LogP contribution in [0.25, 0.3) is 0 Å². The van der Waals surface area contributed by atoms with Crippen LogP contribution in [0.15, 0.2) is 18.2 Å². The molecular weight excluding hydrogens is 467 g/mol. The zero-order valence-electron chi connectivity index (χ0n) is 19.9. The van der Waals surface area contributed by atoms with Gasteiger partial charge >= 0.3 is 18.1 Å². The topological polar surface area (TPSA) is 110 Å². The Morgan fingerprint density at radius 3 is 2.31 bits per heavy atom. The van der Waals surface area contributed by atoms with Gasteiger partial charge in [0.15, 0.2) is 0 Å². The van der Waals surface area contributed by atoms with Crippen LogP contribution in [0.4, 0.5) is 24.5 Å². The van der Waals surface area contributed by atoms with Gasteiger partial charge in [-0.3, -0.25) is 4.79 Å². The second-order valence-corrected chi connectivity index (χ2v) is 8.95. The minimum absolute atomic E-state index is 0.0606. The Bertz CT molecular complexity index is 872. The number of carbonyl (C=O) groups is 3. The van der Waals surface area contributed by atoms with Crippen LogP contribution in [-0.2, 0) is 9.59 Å². The number of hydrogen-bond donors (Lipinski definition) is 3. The lowest BCUT2D eigenvalue weighted by Gasteiger charge is -2.36. The average molecular weight is 502 g/mol. The summed E-state index contributed by atoms with van der Waals surface area (Å²) in [6.45, 7) is 7.34. The van der Waals surface area contributed by atoms with E-state index in [1.54, 1.807) is 6.07 Å². The van der Waals surface area contributed by atoms with Gasteiger partial charge in [-0.05, 0) is 69.3 Å². The number of nitrogens with one attached hydrogen (secondary N) is 1. The molecule has 2 saturated heterocycles. The van der Waals surface area contributed by atoms with Crippen molar-refractivity contribution < 1.29 is 37.8 Å². The SMILES string of the molecule is CCCCC(=O)Nc1ccc(N2CCCC(CN3CCCC3)C2)c(C(=O)O)c1.O=C(O)C(F)(F)F. The Hall–Kier alpha value is -2.82. The number of carboxylic acids is 2. The van der Waals surface area contributed by atoms with Gasteiger partial charge in [0.05, 0.1) is 11.3 Å². The summed E-state index contributed by atoms with van der Waals surface area (Å²) < 4.78 is 31.7. The first-order valence-corrected chi connectivity index (χ1v) is 12.0. The van der Waals surface area contributed by atoms with Crippen molar-refractivity contribution in [3.8, 4) is 0 Å². The van der Waals surface area contributed by atoms with Crippen molar-refractivity contribution >= 4 is 29.2 Å². The largest absolute Gasteiger partial charge is 0.490 e. The number of hydrogen-bond acceptors (Lipinski definition) is 5. The van der Waals surface area contributed by atoms with Gasteiger partial charge in [0.1, 0.15) is 0 Å². The first kappa shape index (κ1) is 28.4. The fraction of sp³-hybridized carbons (Fsp3) is 0.625. The zero-order valence-corrected chi connectivity index (χ0v) is 19.9. The van der Waals surface area contributed by atoms with Crippen LogP contribution in [0.2, 0.25) is 0 Å². The van der Waals surface area contributed by atoms with Crippen molar-refractivity contribution in [2.24, 2.45) is 5.92 Å². The highest BCUT2D eigenvalue weighted by molar-refractivity contribution is 5.98. The van der Waals surface area contributed by atoms with Crippen molar-refractivity contribution in [2.75, 3.05) is 42.9 Å². The molecule has 0 bridgehead atoms. The van der Waals surface area contributed by atoms with Gasteiger partial charge in [-0.1, -0.05) is 13.3 Å². The van der Waals surface area contributed by atoms with Crippen molar-refractivity contribution in [2.45, 2.75) is 58.0 Å². The number of amides is 1. The normalized spacial score (nSPS) is 18.5. The molecule has 0 spiro atoms. The maximum Gasteiger partial charge on any atom is 0.490 e. The predicted octanol–water partition coefficient (Wildman–Crippen LogP) is 4.46. The van der Waals surface area contributed by atoms with E-state index in [2.05, 4.69) is 15.1 Å². The standard InChI is InChI=1S/C22H33N3O3.C2HF3O2/c1-2-3-8-21(26)23-18-9-10-20(19(14-18)22(27)28)25-13-6-7-17(16-25)15-24-11-4-5-12-24;3-2(4,5)1(6)7/h9-10,14,17H,2-8,11-13,15-16H2,1H3,(H,23,26)(H,27,28);(H,6,7). The van der Waals surface area contributed by atoms with Gasteiger partial charge in [0.2, 0.25) is 5.91 Å². The van der Waals surface area contributed by atoms with E-state index in [1.165, 1.54) is 32.4 Å². The number of rotatable bonds is 8. The number of aromatic carboxylic acids is 1. The number of piperidine rings is 1. The molecule has 2 heterocycles. The summed E-state index contributed by atoms with van der Waals surface area (Å²) >= 11 is 0. The number of benzene rings is 1. The Morgan fingerprint density at radius 2 is 1.74 bits per heavy atom. The van der Waals surface area contributed by atoms with Gasteiger partial charge < -0.3 is 25.3 Å². The van der Waals surface area contributed by atoms with Crippen molar-refractivity contribution in [3.63, 3.8) is 0 Å². The highest BCUT2D eigenvalue weighted by Crippen LogP contribution is 2.30. The first-order chi connectivity index (χ1) is 16.5. The number of anilines is 2. The molecule has 3 rings (SSSR count). The van der Waals surface area contributed by atoms with E-state index in [1.807, 2.05) is 19.1 Å². The third-order valence-corrected chi connectivity index (χ3v) is 6.09. The van der Waals surface area contributed by atoms with Gasteiger partial charge in [0, 0.05) is 31.7 Å². The second-order valence-electron chi connectivity index (χ2n) is 8.95. The number of unbranched alkanes of at least 4 members (excludes halogenated alkanes) is 1. The van der Waals surface area contributed by atoms with E-state index in [0.29, 0.717) is 18.0 Å². The third-order valence-electron chi connectivity index (χ3n) is 6.09. The van der Waals surface area contributed by atoms with E-state index in [9.17, 15) is 27.9 Å². The van der Waals surface area contributed by atoms with Crippen LogP contribution in [0.5, 0.6) is 0 Å². The molecule has 11 heteroatoms. The molecule has 1 aromatic rings. The van der Waals surface area contributed by atoms with Crippen LogP contribution >= 0.6 is 0 Å². The molecule has 35 heavy (non-hydrogen) atoms. The van der Waals surface area contributed by atoms with Gasteiger partial charge in [-0.2, -0.15) is 13.2 Å². The molecule has 0 aromatic heterocycles. The molecule has 2 aliphatic heterocycles. The van der Waals surface area contributed by atoms with Crippen LogP contribution in [0.3, 0.4) is 0 Å². The third kappa shape index (κ3) is 9.39. The minimum Gasteiger partial charge on any atom is -0.478 e. The van der Waals surface area contributed by atoms with Gasteiger partial charge in [-0.15, -0.1) is 0 Å². The molecule has 0 saturated carbocycles. The lowest BCUT2D eigenvalue weighted by atomic mass is 9.96. The molecule has 8 nitrogen and oxygen atoms in total. The lowest BCUT2D eigenvalue weighted by Crippen LogP contribution is -2.41. The number of alkyl halides is 3. The fourth-order valence-electron chi connectivity index (χ4n) is 4.38. The van der Waals surface area contributed by atoms with Crippen molar-refractivity contribution in [1.29, 1.82) is 0 Å². The summed E-state index contributed by atoms with van der Waals surface area (Å²) in [7, 11) is 0. The molecule has 0 radical (unpaired) electrons. The summed E-state index contributed by atoms with van der Waals surface area (Å²) in [5.41, 5.74) is 1.60. The molecule has 1 aromatic carbocycles. The van der Waals surface area contributed by atoms with Crippen molar-refractivity contribution in [1.82, 2.24) is 4.90 Å². The summed E-state index contributed by atoms with van der Waals surface area (Å²) in [6.07, 6.45) is 2.07. The molecular formula is C24H34F3N3O5. The minimum atomic E-state index is -5.08. The highest BCUT2D eigenvalue weighted by atomic mass is 19.4. The highest BCUT2D eigenvalue weighted by Gasteiger charge is 2.38. The number of aliphatic carboxylic acids is 1. The summed E-state index contributed by atoms with van der Waals surface area (Å²) in [5.74, 6) is -3.18. The summed E-state index contributed by atoms with van der Waals surface area (Å²) in [6, 6.07) is 5.29. The Morgan fingerprint density at radius 1 is 1.09 bits per heavy atom. The molecule has 2 aliphatic rings. The van der Waals surface area contributed by atoms with E-state index in [4.69, 9.17) is 9.90 Å². The smallest absolute Gasteiger partial charge is 0.478 e. The first-order valence-electron chi connectivity index (χ1n) is 12.0. The van der Waals surface area contributed by atoms with Gasteiger partial charge in [0.25, 0.3) is 0 Å². The van der Waals surface area contributed by atoms with Crippen LogP contribution in [-0.4, -0.2) is 71.9 Å². The number of likely N-dealkylation sites (tertiary alicyclic amines) is 1. The van der Waals surface area contributed by atoms with Gasteiger partial charge in [-0.25, -0.2) is 9.59 Å². The second kappa shape index (κ2) is 13.3. The van der Waals surface area contributed by atoms with E-state index >= 15 is 0 Å². The quantitative estimate of drug-likeness (QED) is 0.482. The zero-order chi connectivity index (χ0) is 26.0. The molecule has 1 unspecified atom stereocenters. The molecule has 196 valence electrons. The maximum atomic E-state index is 12.0. The molecule has 0 aliphatic carbocycles. The number of carbonyl (C=O) groups excluding carboxylic acids is 1. The Kier molecular flexibility index (Phi) is 10.8. The summed E-state index contributed by atoms with van der Waals surface area (Å²) in [4.78, 5) is 37.5. The molecule has 2 fully saturated rings. The molecule has 3 N–H and O–H groups in total. The number of halogens is 3.